The van der Waals surface area contributed by atoms with Gasteiger partial charge in [0.1, 0.15) is 11.5 Å². The highest BCUT2D eigenvalue weighted by molar-refractivity contribution is 5.48. The van der Waals surface area contributed by atoms with Gasteiger partial charge in [-0.3, -0.25) is 0 Å². The first-order valence-corrected chi connectivity index (χ1v) is 4.91. The quantitative estimate of drug-likeness (QED) is 0.746. The van der Waals surface area contributed by atoms with E-state index < -0.39 is 0 Å². The zero-order chi connectivity index (χ0) is 10.1. The lowest BCUT2D eigenvalue weighted by Crippen LogP contribution is -2.09. The van der Waals surface area contributed by atoms with Gasteiger partial charge in [0.2, 0.25) is 0 Å². The fourth-order valence-electron chi connectivity index (χ4n) is 1.76. The minimum Gasteiger partial charge on any atom is -0.508 e. The molecule has 1 aliphatic rings. The van der Waals surface area contributed by atoms with Gasteiger partial charge in [0, 0.05) is 12.5 Å². The van der Waals surface area contributed by atoms with Gasteiger partial charge in [-0.2, -0.15) is 0 Å². The van der Waals surface area contributed by atoms with Gasteiger partial charge < -0.3 is 15.6 Å². The van der Waals surface area contributed by atoms with E-state index in [9.17, 15) is 5.11 Å². The Kier molecular flexibility index (Phi) is 2.33. The molecular formula is C11H15NO2. The van der Waals surface area contributed by atoms with Crippen molar-refractivity contribution in [2.45, 2.75) is 19.3 Å². The van der Waals surface area contributed by atoms with Crippen LogP contribution in [-0.4, -0.2) is 18.3 Å². The highest BCUT2D eigenvalue weighted by Crippen LogP contribution is 2.35. The number of fused-ring (bicyclic) bond motifs is 1. The molecular weight excluding hydrogens is 178 g/mol. The molecule has 1 atom stereocenters. The monoisotopic (exact) mass is 193 g/mol. The molecule has 0 fully saturated rings. The summed E-state index contributed by atoms with van der Waals surface area (Å²) in [5.74, 6) is 1.31. The van der Waals surface area contributed by atoms with Crippen molar-refractivity contribution in [1.82, 2.24) is 0 Å². The Balaban J connectivity index is 2.42. The van der Waals surface area contributed by atoms with Crippen molar-refractivity contribution < 1.29 is 9.84 Å². The number of rotatable bonds is 2. The Bertz CT molecular complexity index is 349. The fourth-order valence-corrected chi connectivity index (χ4v) is 1.76. The van der Waals surface area contributed by atoms with Gasteiger partial charge in [0.05, 0.1) is 6.61 Å². The molecule has 0 saturated heterocycles. The van der Waals surface area contributed by atoms with Crippen LogP contribution in [0.25, 0.3) is 0 Å². The van der Waals surface area contributed by atoms with Crippen molar-refractivity contribution in [2.24, 2.45) is 5.73 Å². The minimum atomic E-state index is 0.195. The third kappa shape index (κ3) is 1.44. The zero-order valence-electron chi connectivity index (χ0n) is 8.29. The number of benzene rings is 1. The lowest BCUT2D eigenvalue weighted by Gasteiger charge is -2.12. The molecule has 1 aromatic rings. The summed E-state index contributed by atoms with van der Waals surface area (Å²) in [5.41, 5.74) is 7.68. The smallest absolute Gasteiger partial charge is 0.126 e. The van der Waals surface area contributed by atoms with Crippen molar-refractivity contribution in [3.8, 4) is 11.5 Å². The highest BCUT2D eigenvalue weighted by atomic mass is 16.5. The van der Waals surface area contributed by atoms with E-state index in [-0.39, 0.29) is 5.92 Å². The largest absolute Gasteiger partial charge is 0.508 e. The molecule has 0 saturated carbocycles. The second kappa shape index (κ2) is 3.50. The number of phenolic OH excluding ortho intramolecular Hbond substituents is 1. The second-order valence-electron chi connectivity index (χ2n) is 3.75. The first-order valence-electron chi connectivity index (χ1n) is 4.91. The summed E-state index contributed by atoms with van der Waals surface area (Å²) < 4.78 is 5.36. The lowest BCUT2D eigenvalue weighted by molar-refractivity contribution is 0.354. The van der Waals surface area contributed by atoms with Crippen molar-refractivity contribution >= 4 is 0 Å². The lowest BCUT2D eigenvalue weighted by atomic mass is 9.97. The summed E-state index contributed by atoms with van der Waals surface area (Å²) in [6.07, 6.45) is 0.930. The highest BCUT2D eigenvalue weighted by Gasteiger charge is 2.17. The van der Waals surface area contributed by atoms with Gasteiger partial charge in [-0.1, -0.05) is 6.92 Å². The van der Waals surface area contributed by atoms with Crippen molar-refractivity contribution in [1.29, 1.82) is 0 Å². The van der Waals surface area contributed by atoms with Crippen LogP contribution in [0.5, 0.6) is 11.5 Å². The molecule has 0 aliphatic carbocycles. The van der Waals surface area contributed by atoms with E-state index in [2.05, 4.69) is 0 Å². The topological polar surface area (TPSA) is 55.5 Å². The molecule has 0 spiro atoms. The van der Waals surface area contributed by atoms with E-state index >= 15 is 0 Å². The fraction of sp³-hybridized carbons (Fsp3) is 0.455. The molecule has 76 valence electrons. The number of hydrogen-bond acceptors (Lipinski definition) is 3. The molecule has 14 heavy (non-hydrogen) atoms. The molecule has 0 radical (unpaired) electrons. The van der Waals surface area contributed by atoms with Crippen LogP contribution >= 0.6 is 0 Å². The molecule has 1 unspecified atom stereocenters. The van der Waals surface area contributed by atoms with Gasteiger partial charge in [0.15, 0.2) is 0 Å². The minimum absolute atomic E-state index is 0.195. The maximum atomic E-state index is 9.74. The summed E-state index contributed by atoms with van der Waals surface area (Å²) in [6, 6.07) is 3.71. The van der Waals surface area contributed by atoms with Crippen LogP contribution in [0.3, 0.4) is 0 Å². The Morgan fingerprint density at radius 2 is 2.36 bits per heavy atom. The van der Waals surface area contributed by atoms with Crippen LogP contribution in [0.15, 0.2) is 12.1 Å². The van der Waals surface area contributed by atoms with Crippen LogP contribution in [-0.2, 0) is 6.42 Å². The normalized spacial score (nSPS) is 16.1. The Morgan fingerprint density at radius 1 is 1.57 bits per heavy atom. The molecule has 1 aromatic carbocycles. The Morgan fingerprint density at radius 3 is 3.07 bits per heavy atom. The summed E-state index contributed by atoms with van der Waals surface area (Å²) >= 11 is 0. The Hall–Kier alpha value is -1.22. The molecule has 3 N–H and O–H groups in total. The van der Waals surface area contributed by atoms with E-state index in [1.165, 1.54) is 5.56 Å². The average Bonchev–Trinajstić information content (AvgIpc) is 2.62. The third-order valence-corrected chi connectivity index (χ3v) is 2.72. The number of hydrogen-bond donors (Lipinski definition) is 2. The van der Waals surface area contributed by atoms with E-state index in [0.29, 0.717) is 12.3 Å². The van der Waals surface area contributed by atoms with E-state index in [1.807, 2.05) is 13.0 Å². The summed E-state index contributed by atoms with van der Waals surface area (Å²) in [6.45, 7) is 3.28. The summed E-state index contributed by atoms with van der Waals surface area (Å²) in [4.78, 5) is 0. The number of aromatic hydroxyl groups is 1. The van der Waals surface area contributed by atoms with Crippen LogP contribution in [0, 0.1) is 0 Å². The zero-order valence-corrected chi connectivity index (χ0v) is 8.29. The molecule has 0 amide bonds. The van der Waals surface area contributed by atoms with Crippen LogP contribution < -0.4 is 10.5 Å². The molecule has 0 bridgehead atoms. The van der Waals surface area contributed by atoms with E-state index in [4.69, 9.17) is 10.5 Å². The molecule has 1 heterocycles. The van der Waals surface area contributed by atoms with Crippen molar-refractivity contribution in [2.75, 3.05) is 13.2 Å². The van der Waals surface area contributed by atoms with Gasteiger partial charge in [-0.05, 0) is 29.7 Å². The maximum Gasteiger partial charge on any atom is 0.126 e. The predicted molar refractivity (Wildman–Crippen MR) is 54.8 cm³/mol. The average molecular weight is 193 g/mol. The number of phenols is 1. The van der Waals surface area contributed by atoms with Crippen LogP contribution in [0.1, 0.15) is 24.0 Å². The van der Waals surface area contributed by atoms with E-state index in [0.717, 1.165) is 24.3 Å². The van der Waals surface area contributed by atoms with Crippen molar-refractivity contribution in [3.05, 3.63) is 23.3 Å². The van der Waals surface area contributed by atoms with Gasteiger partial charge in [0.25, 0.3) is 0 Å². The first-order chi connectivity index (χ1) is 6.72. The SMILES string of the molecule is CC(CN)c1cc2c(cc1O)OCC2. The van der Waals surface area contributed by atoms with Gasteiger partial charge in [-0.15, -0.1) is 0 Å². The predicted octanol–water partition coefficient (Wildman–Crippen LogP) is 1.39. The third-order valence-electron chi connectivity index (χ3n) is 2.72. The van der Waals surface area contributed by atoms with E-state index in [1.54, 1.807) is 6.07 Å². The molecule has 3 nitrogen and oxygen atoms in total. The molecule has 0 aromatic heterocycles. The second-order valence-corrected chi connectivity index (χ2v) is 3.75. The van der Waals surface area contributed by atoms with Crippen LogP contribution in [0.2, 0.25) is 0 Å². The number of nitrogens with two attached hydrogens (primary N) is 1. The summed E-state index contributed by atoms with van der Waals surface area (Å²) in [5, 5.41) is 9.74. The molecule has 1 aliphatic heterocycles. The van der Waals surface area contributed by atoms with Crippen molar-refractivity contribution in [3.63, 3.8) is 0 Å². The van der Waals surface area contributed by atoms with Crippen LogP contribution in [0.4, 0.5) is 0 Å². The number of ether oxygens (including phenoxy) is 1. The first kappa shape index (κ1) is 9.34. The maximum absolute atomic E-state index is 9.74. The summed E-state index contributed by atoms with van der Waals surface area (Å²) in [7, 11) is 0. The standard InChI is InChI=1S/C11H15NO2/c1-7(6-12)9-4-8-2-3-14-11(8)5-10(9)13/h4-5,7,13H,2-3,6,12H2,1H3. The molecule has 2 rings (SSSR count). The molecule has 3 heteroatoms. The van der Waals surface area contributed by atoms with Gasteiger partial charge >= 0.3 is 0 Å². The van der Waals surface area contributed by atoms with Gasteiger partial charge in [-0.25, -0.2) is 0 Å². The Labute approximate surface area is 83.5 Å².